The van der Waals surface area contributed by atoms with Crippen molar-refractivity contribution in [2.45, 2.75) is 51.4 Å². The zero-order chi connectivity index (χ0) is 21.8. The molecule has 0 spiro atoms. The second-order valence-electron chi connectivity index (χ2n) is 8.98. The topological polar surface area (TPSA) is 88.5 Å². The molecular weight excluding hydrogens is 410 g/mol. The van der Waals surface area contributed by atoms with E-state index in [1.165, 1.54) is 4.90 Å². The lowest BCUT2D eigenvalue weighted by molar-refractivity contribution is 0.00578. The van der Waals surface area contributed by atoms with Crippen LogP contribution in [0.5, 0.6) is 5.75 Å². The molecule has 0 bridgehead atoms. The maximum Gasteiger partial charge on any atom is 0.496 e. The Balaban J connectivity index is 1.64. The molecule has 1 N–H and O–H groups in total. The van der Waals surface area contributed by atoms with Gasteiger partial charge in [-0.1, -0.05) is 11.6 Å². The molecule has 3 aliphatic heterocycles. The van der Waals surface area contributed by atoms with Crippen molar-refractivity contribution in [3.8, 4) is 5.75 Å². The van der Waals surface area contributed by atoms with Crippen molar-refractivity contribution in [3.05, 3.63) is 22.7 Å². The molecule has 1 aromatic carbocycles. The van der Waals surface area contributed by atoms with Gasteiger partial charge in [-0.15, -0.1) is 0 Å². The number of hydrogen-bond acceptors (Lipinski definition) is 5. The highest BCUT2D eigenvalue weighted by atomic mass is 35.5. The molecule has 0 radical (unpaired) electrons. The first-order valence-corrected chi connectivity index (χ1v) is 10.5. The number of piperazine rings is 1. The Hall–Kier alpha value is -1.97. The molecule has 4 rings (SSSR count). The third-order valence-corrected chi connectivity index (χ3v) is 6.89. The van der Waals surface area contributed by atoms with Gasteiger partial charge < -0.3 is 29.0 Å². The second kappa shape index (κ2) is 7.32. The van der Waals surface area contributed by atoms with Crippen LogP contribution in [0.3, 0.4) is 0 Å². The van der Waals surface area contributed by atoms with Gasteiger partial charge in [0.2, 0.25) is 0 Å². The number of carbonyl (C=O) groups is 2. The maximum absolute atomic E-state index is 13.3. The summed E-state index contributed by atoms with van der Waals surface area (Å²) in [5.74, 6) is 0.232. The molecule has 0 unspecified atom stereocenters. The molecule has 0 aliphatic carbocycles. The van der Waals surface area contributed by atoms with E-state index in [1.807, 2.05) is 27.7 Å². The standard InChI is InChI=1S/C20H26BClN2O6/c1-19(2)20(3,4)30-21(29-19)14-10-16-13(9-15(14)22)17(25)24-7-6-23(18(26)27)11-12(24)5-8-28-16/h9-10,12H,5-8,11H2,1-4H3,(H,26,27)/t12-/m0/s1. The Labute approximate surface area is 181 Å². The molecule has 2 saturated heterocycles. The normalized spacial score (nSPS) is 25.2. The van der Waals surface area contributed by atoms with Crippen LogP contribution in [0, 0.1) is 0 Å². The highest BCUT2D eigenvalue weighted by Crippen LogP contribution is 2.38. The predicted octanol–water partition coefficient (Wildman–Crippen LogP) is 2.23. The SMILES string of the molecule is CC1(C)OB(c2cc3c(cc2Cl)C(=O)N2CCN(C(=O)O)C[C@@H]2CCO3)OC1(C)C. The van der Waals surface area contributed by atoms with Crippen molar-refractivity contribution in [2.24, 2.45) is 0 Å². The molecule has 8 nitrogen and oxygen atoms in total. The Morgan fingerprint density at radius 1 is 1.20 bits per heavy atom. The van der Waals surface area contributed by atoms with Crippen LogP contribution in [0.25, 0.3) is 0 Å². The molecule has 2 fully saturated rings. The zero-order valence-corrected chi connectivity index (χ0v) is 18.4. The Bertz CT molecular complexity index is 876. The van der Waals surface area contributed by atoms with E-state index in [4.69, 9.17) is 25.6 Å². The molecule has 1 aromatic rings. The lowest BCUT2D eigenvalue weighted by Gasteiger charge is -2.41. The molecule has 1 atom stereocenters. The van der Waals surface area contributed by atoms with E-state index >= 15 is 0 Å². The van der Waals surface area contributed by atoms with E-state index < -0.39 is 24.4 Å². The summed E-state index contributed by atoms with van der Waals surface area (Å²) in [6.07, 6.45) is -0.427. The number of fused-ring (bicyclic) bond motifs is 2. The van der Waals surface area contributed by atoms with Gasteiger partial charge in [0, 0.05) is 36.5 Å². The van der Waals surface area contributed by atoms with Gasteiger partial charge in [-0.3, -0.25) is 4.79 Å². The third-order valence-electron chi connectivity index (χ3n) is 6.56. The first-order chi connectivity index (χ1) is 14.0. The molecular formula is C20H26BClN2O6. The molecule has 10 heteroatoms. The quantitative estimate of drug-likeness (QED) is 0.679. The summed E-state index contributed by atoms with van der Waals surface area (Å²) in [6, 6.07) is 3.11. The summed E-state index contributed by atoms with van der Waals surface area (Å²) in [7, 11) is -0.663. The average molecular weight is 437 g/mol. The lowest BCUT2D eigenvalue weighted by atomic mass is 9.78. The minimum atomic E-state index is -0.972. The van der Waals surface area contributed by atoms with Gasteiger partial charge in [-0.25, -0.2) is 4.79 Å². The van der Waals surface area contributed by atoms with E-state index in [0.29, 0.717) is 41.4 Å². The first-order valence-electron chi connectivity index (χ1n) is 10.1. The number of carboxylic acid groups (broad SMARTS) is 1. The fraction of sp³-hybridized carbons (Fsp3) is 0.600. The Morgan fingerprint density at radius 2 is 1.87 bits per heavy atom. The van der Waals surface area contributed by atoms with Crippen molar-refractivity contribution in [3.63, 3.8) is 0 Å². The van der Waals surface area contributed by atoms with Gasteiger partial charge in [-0.2, -0.15) is 0 Å². The van der Waals surface area contributed by atoms with E-state index in [-0.39, 0.29) is 25.0 Å². The van der Waals surface area contributed by atoms with Gasteiger partial charge in [0.05, 0.1) is 29.4 Å². The molecule has 0 saturated carbocycles. The lowest BCUT2D eigenvalue weighted by Crippen LogP contribution is -2.57. The van der Waals surface area contributed by atoms with Crippen LogP contribution in [0.4, 0.5) is 4.79 Å². The number of benzene rings is 1. The van der Waals surface area contributed by atoms with Crippen LogP contribution in [0.15, 0.2) is 12.1 Å². The number of hydrogen-bond donors (Lipinski definition) is 1. The Kier molecular flexibility index (Phi) is 5.19. The number of halogens is 1. The van der Waals surface area contributed by atoms with Gasteiger partial charge >= 0.3 is 13.2 Å². The summed E-state index contributed by atoms with van der Waals surface area (Å²) in [5.41, 5.74) is -0.0405. The van der Waals surface area contributed by atoms with E-state index in [0.717, 1.165) is 0 Å². The number of nitrogens with zero attached hydrogens (tertiary/aromatic N) is 2. The third kappa shape index (κ3) is 3.53. The van der Waals surface area contributed by atoms with Gasteiger partial charge in [-0.05, 0) is 39.8 Å². The van der Waals surface area contributed by atoms with Crippen molar-refractivity contribution < 1.29 is 28.7 Å². The smallest absolute Gasteiger partial charge is 0.493 e. The zero-order valence-electron chi connectivity index (χ0n) is 17.6. The van der Waals surface area contributed by atoms with Crippen molar-refractivity contribution >= 4 is 36.2 Å². The fourth-order valence-corrected chi connectivity index (χ4v) is 4.26. The summed E-state index contributed by atoms with van der Waals surface area (Å²) >= 11 is 6.55. The van der Waals surface area contributed by atoms with Crippen LogP contribution in [-0.4, -0.2) is 77.5 Å². The summed E-state index contributed by atoms with van der Waals surface area (Å²) in [6.45, 7) is 9.12. The predicted molar refractivity (Wildman–Crippen MR) is 112 cm³/mol. The highest BCUT2D eigenvalue weighted by Gasteiger charge is 2.52. The second-order valence-corrected chi connectivity index (χ2v) is 9.38. The first kappa shape index (κ1) is 21.3. The number of rotatable bonds is 1. The van der Waals surface area contributed by atoms with E-state index in [9.17, 15) is 14.7 Å². The summed E-state index contributed by atoms with van der Waals surface area (Å²) in [4.78, 5) is 27.6. The molecule has 162 valence electrons. The van der Waals surface area contributed by atoms with Crippen molar-refractivity contribution in [1.29, 1.82) is 0 Å². The van der Waals surface area contributed by atoms with Gasteiger partial charge in [0.15, 0.2) is 0 Å². The number of ether oxygens (including phenoxy) is 1. The van der Waals surface area contributed by atoms with Gasteiger partial charge in [0.1, 0.15) is 5.75 Å². The Morgan fingerprint density at radius 3 is 2.50 bits per heavy atom. The van der Waals surface area contributed by atoms with E-state index in [1.54, 1.807) is 17.0 Å². The summed E-state index contributed by atoms with van der Waals surface area (Å²) in [5, 5.41) is 9.64. The highest BCUT2D eigenvalue weighted by molar-refractivity contribution is 6.65. The van der Waals surface area contributed by atoms with Crippen LogP contribution in [-0.2, 0) is 9.31 Å². The molecule has 30 heavy (non-hydrogen) atoms. The summed E-state index contributed by atoms with van der Waals surface area (Å²) < 4.78 is 18.1. The maximum atomic E-state index is 13.3. The van der Waals surface area contributed by atoms with Crippen LogP contribution in [0.2, 0.25) is 5.02 Å². The minimum Gasteiger partial charge on any atom is -0.493 e. The fourth-order valence-electron chi connectivity index (χ4n) is 4.01. The van der Waals surface area contributed by atoms with Crippen molar-refractivity contribution in [2.75, 3.05) is 26.2 Å². The van der Waals surface area contributed by atoms with Crippen molar-refractivity contribution in [1.82, 2.24) is 9.80 Å². The van der Waals surface area contributed by atoms with Crippen LogP contribution in [0.1, 0.15) is 44.5 Å². The number of carbonyl (C=O) groups excluding carboxylic acids is 1. The van der Waals surface area contributed by atoms with E-state index in [2.05, 4.69) is 0 Å². The molecule has 2 amide bonds. The van der Waals surface area contributed by atoms with Crippen LogP contribution >= 0.6 is 11.6 Å². The molecule has 3 aliphatic rings. The minimum absolute atomic E-state index is 0.206. The molecule has 0 aromatic heterocycles. The molecule has 3 heterocycles. The monoisotopic (exact) mass is 436 g/mol. The van der Waals surface area contributed by atoms with Gasteiger partial charge in [0.25, 0.3) is 5.91 Å². The number of amides is 2. The van der Waals surface area contributed by atoms with Crippen LogP contribution < -0.4 is 10.2 Å². The largest absolute Gasteiger partial charge is 0.496 e. The average Bonchev–Trinajstić information content (AvgIpc) is 2.88.